The molecule has 1 unspecified atom stereocenters. The number of carbonyl (C=O) groups excluding carboxylic acids is 1. The monoisotopic (exact) mass is 485 g/mol. The van der Waals surface area contributed by atoms with Gasteiger partial charge in [0, 0.05) is 13.0 Å². The van der Waals surface area contributed by atoms with Crippen LogP contribution in [0.25, 0.3) is 11.1 Å². The van der Waals surface area contributed by atoms with Crippen molar-refractivity contribution >= 4 is 21.6 Å². The zero-order valence-corrected chi connectivity index (χ0v) is 20.1. The van der Waals surface area contributed by atoms with Crippen LogP contribution in [0, 0.1) is 0 Å². The number of hydrogen-bond donors (Lipinski definition) is 2. The van der Waals surface area contributed by atoms with E-state index in [1.54, 1.807) is 24.3 Å². The average Bonchev–Trinajstić information content (AvgIpc) is 3.29. The predicted octanol–water partition coefficient (Wildman–Crippen LogP) is 2.93. The molecule has 1 aliphatic carbocycles. The Kier molecular flexibility index (Phi) is 7.35. The molecule has 2 N–H and O–H groups in total. The van der Waals surface area contributed by atoms with Gasteiger partial charge in [0.25, 0.3) is 0 Å². The summed E-state index contributed by atoms with van der Waals surface area (Å²) in [4.78, 5) is 18.0. The molecule has 2 fully saturated rings. The summed E-state index contributed by atoms with van der Waals surface area (Å²) in [6.45, 7) is 0.0811. The molecule has 9 heteroatoms. The van der Waals surface area contributed by atoms with Gasteiger partial charge in [-0.15, -0.1) is 0 Å². The summed E-state index contributed by atoms with van der Waals surface area (Å²) in [6, 6.07) is 15.4. The first-order valence-electron chi connectivity index (χ1n) is 11.6. The largest absolute Gasteiger partial charge is 0.399 e. The molecule has 2 aromatic carbocycles. The lowest BCUT2D eigenvalue weighted by atomic mass is 9.85. The van der Waals surface area contributed by atoms with E-state index in [0.717, 1.165) is 30.4 Å². The molecule has 1 heterocycles. The second-order valence-electron chi connectivity index (χ2n) is 9.00. The Hall–Kier alpha value is -2.75. The Balaban J connectivity index is 1.54. The van der Waals surface area contributed by atoms with E-state index in [1.807, 2.05) is 30.3 Å². The van der Waals surface area contributed by atoms with E-state index < -0.39 is 27.6 Å². The minimum atomic E-state index is -3.97. The van der Waals surface area contributed by atoms with E-state index in [2.05, 4.69) is 10.5 Å². The van der Waals surface area contributed by atoms with Gasteiger partial charge in [-0.25, -0.2) is 8.42 Å². The van der Waals surface area contributed by atoms with E-state index >= 15 is 0 Å². The van der Waals surface area contributed by atoms with Gasteiger partial charge in [-0.3, -0.25) is 4.79 Å². The van der Waals surface area contributed by atoms with Crippen LogP contribution in [0.4, 0.5) is 0 Å². The van der Waals surface area contributed by atoms with Crippen LogP contribution in [0.5, 0.6) is 0 Å². The molecule has 0 aromatic heterocycles. The number of nitrogens with zero attached hydrogens (tertiary/aromatic N) is 2. The molecule has 1 saturated heterocycles. The standard InChI is InChI=1S/C25H31N3O5S/c1-33-27-21-16-23(24(29)26-18-25(30)14-6-3-7-15-25)28(17-21)34(31,32)22-12-10-20(11-13-22)19-8-4-2-5-9-19/h2,4-5,8-13,23,30H,3,6-7,14-18H2,1H3,(H,26,29)/b27-21+. The summed E-state index contributed by atoms with van der Waals surface area (Å²) in [6.07, 6.45) is 4.30. The fourth-order valence-electron chi connectivity index (χ4n) is 4.69. The smallest absolute Gasteiger partial charge is 0.244 e. The highest BCUT2D eigenvalue weighted by Crippen LogP contribution is 2.29. The van der Waals surface area contributed by atoms with Gasteiger partial charge < -0.3 is 15.3 Å². The van der Waals surface area contributed by atoms with Crippen molar-refractivity contribution in [2.24, 2.45) is 5.16 Å². The summed E-state index contributed by atoms with van der Waals surface area (Å²) in [5.74, 6) is -0.440. The molecule has 0 bridgehead atoms. The third-order valence-corrected chi connectivity index (χ3v) is 8.45. The van der Waals surface area contributed by atoms with E-state index in [4.69, 9.17) is 4.84 Å². The highest BCUT2D eigenvalue weighted by Gasteiger charge is 2.43. The van der Waals surface area contributed by atoms with Gasteiger partial charge in [-0.1, -0.05) is 66.9 Å². The lowest BCUT2D eigenvalue weighted by molar-refractivity contribution is -0.125. The number of aliphatic hydroxyl groups is 1. The van der Waals surface area contributed by atoms with E-state index in [1.165, 1.54) is 11.4 Å². The van der Waals surface area contributed by atoms with Gasteiger partial charge in [-0.05, 0) is 36.1 Å². The maximum atomic E-state index is 13.5. The molecule has 2 aliphatic rings. The maximum absolute atomic E-state index is 13.5. The second kappa shape index (κ2) is 10.2. The van der Waals surface area contributed by atoms with Crippen LogP contribution >= 0.6 is 0 Å². The molecule has 1 atom stereocenters. The van der Waals surface area contributed by atoms with Crippen LogP contribution in [0.2, 0.25) is 0 Å². The SMILES string of the molecule is CO/N=C1\CC(C(=O)NCC2(O)CCCCC2)N(S(=O)(=O)c2ccc(-c3ccccc3)cc2)C1. The molecule has 1 aliphatic heterocycles. The molecule has 182 valence electrons. The van der Waals surface area contributed by atoms with Crippen LogP contribution in [-0.2, 0) is 19.7 Å². The number of rotatable bonds is 7. The van der Waals surface area contributed by atoms with Crippen molar-refractivity contribution < 1.29 is 23.2 Å². The molecule has 1 amide bonds. The highest BCUT2D eigenvalue weighted by molar-refractivity contribution is 7.89. The summed E-state index contributed by atoms with van der Waals surface area (Å²) in [5, 5.41) is 17.4. The predicted molar refractivity (Wildman–Crippen MR) is 130 cm³/mol. The van der Waals surface area contributed by atoms with Crippen LogP contribution in [-0.4, -0.2) is 61.3 Å². The Morgan fingerprint density at radius 1 is 1.09 bits per heavy atom. The van der Waals surface area contributed by atoms with Crippen molar-refractivity contribution in [1.29, 1.82) is 0 Å². The van der Waals surface area contributed by atoms with Gasteiger partial charge in [0.2, 0.25) is 15.9 Å². The van der Waals surface area contributed by atoms with Crippen molar-refractivity contribution in [1.82, 2.24) is 9.62 Å². The van der Waals surface area contributed by atoms with Crippen LogP contribution < -0.4 is 5.32 Å². The first-order valence-corrected chi connectivity index (χ1v) is 13.0. The Morgan fingerprint density at radius 2 is 1.74 bits per heavy atom. The number of oxime groups is 1. The molecule has 0 radical (unpaired) electrons. The number of nitrogens with one attached hydrogen (secondary N) is 1. The van der Waals surface area contributed by atoms with Crippen molar-refractivity contribution in [3.8, 4) is 11.1 Å². The highest BCUT2D eigenvalue weighted by atomic mass is 32.2. The maximum Gasteiger partial charge on any atom is 0.244 e. The zero-order chi connectivity index (χ0) is 24.2. The topological polar surface area (TPSA) is 108 Å². The number of benzene rings is 2. The quantitative estimate of drug-likeness (QED) is 0.586. The van der Waals surface area contributed by atoms with Crippen molar-refractivity contribution in [3.63, 3.8) is 0 Å². The number of hydrogen-bond acceptors (Lipinski definition) is 6. The lowest BCUT2D eigenvalue weighted by Crippen LogP contribution is -2.50. The van der Waals surface area contributed by atoms with Crippen LogP contribution in [0.1, 0.15) is 38.5 Å². The van der Waals surface area contributed by atoms with Gasteiger partial charge in [-0.2, -0.15) is 4.31 Å². The minimum absolute atomic E-state index is 0.0288. The zero-order valence-electron chi connectivity index (χ0n) is 19.3. The number of carbonyl (C=O) groups is 1. The summed E-state index contributed by atoms with van der Waals surface area (Å²) < 4.78 is 28.2. The summed E-state index contributed by atoms with van der Waals surface area (Å²) in [5.41, 5.74) is 1.42. The minimum Gasteiger partial charge on any atom is -0.399 e. The van der Waals surface area contributed by atoms with Gasteiger partial charge in [0.1, 0.15) is 13.2 Å². The van der Waals surface area contributed by atoms with Gasteiger partial charge in [0.05, 0.1) is 22.8 Å². The van der Waals surface area contributed by atoms with Gasteiger partial charge >= 0.3 is 0 Å². The number of amides is 1. The first-order chi connectivity index (χ1) is 16.3. The van der Waals surface area contributed by atoms with Crippen LogP contribution in [0.15, 0.2) is 64.6 Å². The van der Waals surface area contributed by atoms with Crippen LogP contribution in [0.3, 0.4) is 0 Å². The Morgan fingerprint density at radius 3 is 2.38 bits per heavy atom. The second-order valence-corrected chi connectivity index (χ2v) is 10.9. The average molecular weight is 486 g/mol. The molecule has 2 aromatic rings. The Bertz CT molecular complexity index is 1130. The summed E-state index contributed by atoms with van der Waals surface area (Å²) >= 11 is 0. The number of sulfonamides is 1. The molecule has 4 rings (SSSR count). The molecule has 1 saturated carbocycles. The van der Waals surface area contributed by atoms with Crippen molar-refractivity contribution in [2.75, 3.05) is 20.2 Å². The summed E-state index contributed by atoms with van der Waals surface area (Å²) in [7, 11) is -2.58. The molecular formula is C25H31N3O5S. The molecule has 0 spiro atoms. The molecule has 34 heavy (non-hydrogen) atoms. The fourth-order valence-corrected chi connectivity index (χ4v) is 6.27. The third-order valence-electron chi connectivity index (χ3n) is 6.58. The van der Waals surface area contributed by atoms with Crippen molar-refractivity contribution in [3.05, 3.63) is 54.6 Å². The Labute approximate surface area is 200 Å². The normalized spacial score (nSPS) is 21.9. The van der Waals surface area contributed by atoms with E-state index in [9.17, 15) is 18.3 Å². The van der Waals surface area contributed by atoms with Crippen molar-refractivity contribution in [2.45, 2.75) is 55.1 Å². The fraction of sp³-hybridized carbons (Fsp3) is 0.440. The van der Waals surface area contributed by atoms with E-state index in [0.29, 0.717) is 18.6 Å². The first kappa shape index (κ1) is 24.4. The van der Waals surface area contributed by atoms with E-state index in [-0.39, 0.29) is 24.4 Å². The molecular weight excluding hydrogens is 454 g/mol. The van der Waals surface area contributed by atoms with Gasteiger partial charge in [0.15, 0.2) is 0 Å². The lowest BCUT2D eigenvalue weighted by Gasteiger charge is -2.33. The third kappa shape index (κ3) is 5.32. The molecule has 8 nitrogen and oxygen atoms in total.